The van der Waals surface area contributed by atoms with Gasteiger partial charge in [-0.05, 0) is 12.1 Å². The van der Waals surface area contributed by atoms with Crippen molar-refractivity contribution in [2.75, 3.05) is 13.2 Å². The molecular formula is C11H12F3N3O2. The number of alkyl halides is 3. The Hall–Kier alpha value is -1.83. The summed E-state index contributed by atoms with van der Waals surface area (Å²) >= 11 is 0. The minimum absolute atomic E-state index is 0.0416. The summed E-state index contributed by atoms with van der Waals surface area (Å²) in [6.45, 7) is 0.772. The van der Waals surface area contributed by atoms with E-state index in [2.05, 4.69) is 4.98 Å². The van der Waals surface area contributed by atoms with Crippen molar-refractivity contribution in [1.29, 1.82) is 5.41 Å². The molecule has 0 aliphatic carbocycles. The lowest BCUT2D eigenvalue weighted by molar-refractivity contribution is -0.141. The first kappa shape index (κ1) is 13.6. The Morgan fingerprint density at radius 1 is 1.47 bits per heavy atom. The Morgan fingerprint density at radius 3 is 2.74 bits per heavy atom. The summed E-state index contributed by atoms with van der Waals surface area (Å²) in [5.74, 6) is -0.673. The second-order valence-electron chi connectivity index (χ2n) is 4.06. The van der Waals surface area contributed by atoms with Crippen LogP contribution >= 0.6 is 0 Å². The molecule has 1 saturated heterocycles. The third-order valence-corrected chi connectivity index (χ3v) is 2.61. The summed E-state index contributed by atoms with van der Waals surface area (Å²) in [6, 6.07) is 1.86. The third kappa shape index (κ3) is 3.14. The maximum absolute atomic E-state index is 12.6. The van der Waals surface area contributed by atoms with Gasteiger partial charge < -0.3 is 15.2 Å². The zero-order chi connectivity index (χ0) is 14.0. The van der Waals surface area contributed by atoms with Gasteiger partial charge >= 0.3 is 6.18 Å². The summed E-state index contributed by atoms with van der Waals surface area (Å²) in [4.78, 5) is 3.41. The molecule has 2 rings (SSSR count). The van der Waals surface area contributed by atoms with E-state index < -0.39 is 17.7 Å². The fourth-order valence-corrected chi connectivity index (χ4v) is 1.66. The predicted octanol–water partition coefficient (Wildman–Crippen LogP) is 1.55. The number of hydrogen-bond acceptors (Lipinski definition) is 4. The smallest absolute Gasteiger partial charge is 0.433 e. The van der Waals surface area contributed by atoms with E-state index in [9.17, 15) is 13.2 Å². The molecule has 104 valence electrons. The molecule has 1 aromatic rings. The van der Waals surface area contributed by atoms with E-state index in [0.29, 0.717) is 13.0 Å². The van der Waals surface area contributed by atoms with Gasteiger partial charge in [0.25, 0.3) is 0 Å². The highest BCUT2D eigenvalue weighted by atomic mass is 19.4. The quantitative estimate of drug-likeness (QED) is 0.648. The van der Waals surface area contributed by atoms with Gasteiger partial charge in [0.1, 0.15) is 17.6 Å². The summed E-state index contributed by atoms with van der Waals surface area (Å²) in [5, 5.41) is 7.32. The topological polar surface area (TPSA) is 81.2 Å². The molecule has 5 nitrogen and oxygen atoms in total. The lowest BCUT2D eigenvalue weighted by Crippen LogP contribution is -2.22. The van der Waals surface area contributed by atoms with E-state index in [1.54, 1.807) is 0 Å². The fourth-order valence-electron chi connectivity index (χ4n) is 1.66. The van der Waals surface area contributed by atoms with Crippen molar-refractivity contribution < 1.29 is 22.6 Å². The number of nitrogen functional groups attached to an aromatic ring is 1. The number of halogens is 3. The molecule has 1 unspecified atom stereocenters. The van der Waals surface area contributed by atoms with Crippen LogP contribution in [0.4, 0.5) is 13.2 Å². The van der Waals surface area contributed by atoms with Crippen LogP contribution in [0.2, 0.25) is 0 Å². The lowest BCUT2D eigenvalue weighted by atomic mass is 10.2. The number of aromatic nitrogens is 1. The number of nitrogens with zero attached hydrogens (tertiary/aromatic N) is 1. The van der Waals surface area contributed by atoms with E-state index >= 15 is 0 Å². The summed E-state index contributed by atoms with van der Waals surface area (Å²) in [5.41, 5.74) is 4.26. The Morgan fingerprint density at radius 2 is 2.21 bits per heavy atom. The second kappa shape index (κ2) is 5.04. The second-order valence-corrected chi connectivity index (χ2v) is 4.06. The Kier molecular flexibility index (Phi) is 3.61. The van der Waals surface area contributed by atoms with Gasteiger partial charge in [0, 0.05) is 6.42 Å². The third-order valence-electron chi connectivity index (χ3n) is 2.61. The summed E-state index contributed by atoms with van der Waals surface area (Å²) in [6.07, 6.45) is -4.37. The van der Waals surface area contributed by atoms with Crippen LogP contribution in [0.1, 0.15) is 17.7 Å². The van der Waals surface area contributed by atoms with Crippen LogP contribution in [-0.2, 0) is 10.9 Å². The molecule has 0 spiro atoms. The van der Waals surface area contributed by atoms with Gasteiger partial charge in [0.2, 0.25) is 5.88 Å². The molecule has 1 aromatic heterocycles. The van der Waals surface area contributed by atoms with E-state index in [-0.39, 0.29) is 24.2 Å². The largest absolute Gasteiger partial charge is 0.471 e. The van der Waals surface area contributed by atoms with Gasteiger partial charge in [-0.1, -0.05) is 0 Å². The van der Waals surface area contributed by atoms with Gasteiger partial charge in [-0.15, -0.1) is 0 Å². The Labute approximate surface area is 107 Å². The monoisotopic (exact) mass is 275 g/mol. The van der Waals surface area contributed by atoms with E-state index in [1.165, 1.54) is 0 Å². The Bertz CT molecular complexity index is 485. The molecule has 19 heavy (non-hydrogen) atoms. The van der Waals surface area contributed by atoms with Gasteiger partial charge in [-0.2, -0.15) is 13.2 Å². The minimum Gasteiger partial charge on any atom is -0.471 e. The number of hydrogen-bond donors (Lipinski definition) is 2. The number of nitrogens with one attached hydrogen (secondary N) is 1. The maximum atomic E-state index is 12.6. The van der Waals surface area contributed by atoms with Gasteiger partial charge in [-0.3, -0.25) is 5.41 Å². The summed E-state index contributed by atoms with van der Waals surface area (Å²) in [7, 11) is 0. The molecular weight excluding hydrogens is 263 g/mol. The molecule has 2 heterocycles. The number of nitrogens with two attached hydrogens (primary N) is 1. The number of amidine groups is 1. The standard InChI is InChI=1S/C11H12F3N3O2/c12-11(13,14)8-2-1-7(9(15)16)10(17-8)19-6-3-4-18-5-6/h1-2,6H,3-5H2,(H3,15,16). The van der Waals surface area contributed by atoms with Crippen molar-refractivity contribution in [3.63, 3.8) is 0 Å². The zero-order valence-electron chi connectivity index (χ0n) is 9.83. The highest BCUT2D eigenvalue weighted by Crippen LogP contribution is 2.30. The van der Waals surface area contributed by atoms with Crippen molar-refractivity contribution in [3.8, 4) is 5.88 Å². The molecule has 0 saturated carbocycles. The average Bonchev–Trinajstić information content (AvgIpc) is 2.80. The normalized spacial score (nSPS) is 19.4. The average molecular weight is 275 g/mol. The molecule has 0 amide bonds. The molecule has 3 N–H and O–H groups in total. The van der Waals surface area contributed by atoms with Crippen molar-refractivity contribution in [2.24, 2.45) is 5.73 Å². The van der Waals surface area contributed by atoms with Crippen LogP contribution in [0.25, 0.3) is 0 Å². The minimum atomic E-state index is -4.57. The first-order valence-electron chi connectivity index (χ1n) is 5.55. The molecule has 0 bridgehead atoms. The number of ether oxygens (including phenoxy) is 2. The fraction of sp³-hybridized carbons (Fsp3) is 0.455. The van der Waals surface area contributed by atoms with E-state index in [0.717, 1.165) is 12.1 Å². The molecule has 0 aromatic carbocycles. The molecule has 1 aliphatic rings. The van der Waals surface area contributed by atoms with Gasteiger partial charge in [-0.25, -0.2) is 4.98 Å². The highest BCUT2D eigenvalue weighted by molar-refractivity contribution is 5.97. The van der Waals surface area contributed by atoms with Crippen molar-refractivity contribution >= 4 is 5.84 Å². The molecule has 0 radical (unpaired) electrons. The summed E-state index contributed by atoms with van der Waals surface area (Å²) < 4.78 is 48.2. The molecule has 8 heteroatoms. The van der Waals surface area contributed by atoms with Crippen LogP contribution < -0.4 is 10.5 Å². The van der Waals surface area contributed by atoms with Gasteiger partial charge in [0.15, 0.2) is 0 Å². The number of rotatable bonds is 3. The first-order chi connectivity index (χ1) is 8.88. The van der Waals surface area contributed by atoms with Gasteiger partial charge in [0.05, 0.1) is 18.8 Å². The predicted molar refractivity (Wildman–Crippen MR) is 60.1 cm³/mol. The molecule has 1 atom stereocenters. The maximum Gasteiger partial charge on any atom is 0.433 e. The molecule has 1 fully saturated rings. The highest BCUT2D eigenvalue weighted by Gasteiger charge is 2.34. The molecule has 1 aliphatic heterocycles. The van der Waals surface area contributed by atoms with E-state index in [4.69, 9.17) is 20.6 Å². The van der Waals surface area contributed by atoms with Crippen molar-refractivity contribution in [2.45, 2.75) is 18.7 Å². The van der Waals surface area contributed by atoms with Crippen molar-refractivity contribution in [3.05, 3.63) is 23.4 Å². The SMILES string of the molecule is N=C(N)c1ccc(C(F)(F)F)nc1OC1CCOC1. The van der Waals surface area contributed by atoms with Crippen molar-refractivity contribution in [1.82, 2.24) is 4.98 Å². The van der Waals surface area contributed by atoms with Crippen LogP contribution in [-0.4, -0.2) is 30.1 Å². The lowest BCUT2D eigenvalue weighted by Gasteiger charge is -2.15. The van der Waals surface area contributed by atoms with Crippen LogP contribution in [0.5, 0.6) is 5.88 Å². The zero-order valence-corrected chi connectivity index (χ0v) is 9.83. The first-order valence-corrected chi connectivity index (χ1v) is 5.55. The number of pyridine rings is 1. The Balaban J connectivity index is 2.32. The van der Waals surface area contributed by atoms with Crippen LogP contribution in [0.3, 0.4) is 0 Å². The van der Waals surface area contributed by atoms with E-state index in [1.807, 2.05) is 0 Å². The van der Waals surface area contributed by atoms with Crippen LogP contribution in [0, 0.1) is 5.41 Å². The van der Waals surface area contributed by atoms with Crippen LogP contribution in [0.15, 0.2) is 12.1 Å².